The van der Waals surface area contributed by atoms with E-state index in [0.29, 0.717) is 41.4 Å². The Morgan fingerprint density at radius 3 is 2.76 bits per heavy atom. The van der Waals surface area contributed by atoms with Crippen LogP contribution in [0.25, 0.3) is 17.3 Å². The van der Waals surface area contributed by atoms with Crippen molar-refractivity contribution in [2.45, 2.75) is 19.9 Å². The van der Waals surface area contributed by atoms with Crippen LogP contribution >= 0.6 is 22.9 Å². The van der Waals surface area contributed by atoms with E-state index >= 15 is 0 Å². The summed E-state index contributed by atoms with van der Waals surface area (Å²) in [4.78, 5) is 27.9. The molecular formula is C24H22ClN3O4S. The molecule has 1 aromatic heterocycles. The summed E-state index contributed by atoms with van der Waals surface area (Å²) < 4.78 is 11.3. The molecule has 1 aliphatic rings. The number of halogens is 1. The Balaban J connectivity index is 1.38. The Morgan fingerprint density at radius 2 is 1.97 bits per heavy atom. The number of ether oxygens (including phenoxy) is 2. The van der Waals surface area contributed by atoms with E-state index < -0.39 is 0 Å². The van der Waals surface area contributed by atoms with E-state index in [1.807, 2.05) is 29.6 Å². The van der Waals surface area contributed by atoms with Crippen LogP contribution < -0.4 is 20.1 Å². The highest BCUT2D eigenvalue weighted by molar-refractivity contribution is 7.14. The van der Waals surface area contributed by atoms with Gasteiger partial charge in [-0.1, -0.05) is 35.9 Å². The van der Waals surface area contributed by atoms with Crippen molar-refractivity contribution in [3.63, 3.8) is 0 Å². The molecule has 0 unspecified atom stereocenters. The predicted octanol–water partition coefficient (Wildman–Crippen LogP) is 4.91. The van der Waals surface area contributed by atoms with Crippen LogP contribution in [0.15, 0.2) is 47.9 Å². The molecule has 0 spiro atoms. The molecule has 2 aromatic carbocycles. The Bertz CT molecular complexity index is 1190. The SMILES string of the molecule is CC(=O)NCc1ccc(-c2csc(NC(=O)/C=C/c3cc(Cl)c4c(c3)OCCCO4)n2)cc1. The molecule has 0 aliphatic carbocycles. The predicted molar refractivity (Wildman–Crippen MR) is 130 cm³/mol. The van der Waals surface area contributed by atoms with Gasteiger partial charge in [-0.05, 0) is 29.3 Å². The summed E-state index contributed by atoms with van der Waals surface area (Å²) in [5.74, 6) is 0.743. The molecule has 2 N–H and O–H groups in total. The smallest absolute Gasteiger partial charge is 0.250 e. The highest BCUT2D eigenvalue weighted by Crippen LogP contribution is 2.38. The lowest BCUT2D eigenvalue weighted by atomic mass is 10.1. The monoisotopic (exact) mass is 483 g/mol. The summed E-state index contributed by atoms with van der Waals surface area (Å²) in [7, 11) is 0. The zero-order valence-electron chi connectivity index (χ0n) is 17.9. The number of hydrogen-bond acceptors (Lipinski definition) is 6. The van der Waals surface area contributed by atoms with E-state index in [-0.39, 0.29) is 11.8 Å². The van der Waals surface area contributed by atoms with E-state index in [2.05, 4.69) is 15.6 Å². The normalized spacial score (nSPS) is 12.9. The summed E-state index contributed by atoms with van der Waals surface area (Å²) >= 11 is 7.65. The molecule has 1 aliphatic heterocycles. The zero-order chi connectivity index (χ0) is 23.2. The van der Waals surface area contributed by atoms with Gasteiger partial charge < -0.3 is 14.8 Å². The van der Waals surface area contributed by atoms with Crippen LogP contribution in [0.1, 0.15) is 24.5 Å². The van der Waals surface area contributed by atoms with Gasteiger partial charge in [-0.2, -0.15) is 0 Å². The van der Waals surface area contributed by atoms with Crippen molar-refractivity contribution in [3.8, 4) is 22.8 Å². The molecule has 170 valence electrons. The second-order valence-electron chi connectivity index (χ2n) is 7.35. The first-order valence-electron chi connectivity index (χ1n) is 10.4. The molecule has 4 rings (SSSR count). The van der Waals surface area contributed by atoms with Crippen molar-refractivity contribution in [1.82, 2.24) is 10.3 Å². The molecule has 3 aromatic rings. The van der Waals surface area contributed by atoms with Gasteiger partial charge >= 0.3 is 0 Å². The van der Waals surface area contributed by atoms with Crippen molar-refractivity contribution in [1.29, 1.82) is 0 Å². The van der Waals surface area contributed by atoms with Gasteiger partial charge in [0.05, 0.1) is 23.9 Å². The minimum atomic E-state index is -0.301. The number of benzene rings is 2. The van der Waals surface area contributed by atoms with Gasteiger partial charge in [-0.15, -0.1) is 11.3 Å². The molecule has 0 atom stereocenters. The van der Waals surface area contributed by atoms with E-state index in [1.54, 1.807) is 18.2 Å². The first-order chi connectivity index (χ1) is 16.0. The first kappa shape index (κ1) is 22.8. The maximum Gasteiger partial charge on any atom is 0.250 e. The average molecular weight is 484 g/mol. The number of carbonyl (C=O) groups excluding carboxylic acids is 2. The number of rotatable bonds is 6. The Morgan fingerprint density at radius 1 is 1.18 bits per heavy atom. The van der Waals surface area contributed by atoms with Gasteiger partial charge in [0.1, 0.15) is 0 Å². The maximum absolute atomic E-state index is 12.4. The van der Waals surface area contributed by atoms with Crippen LogP contribution in [0.5, 0.6) is 11.5 Å². The third-order valence-corrected chi connectivity index (χ3v) is 5.82. The van der Waals surface area contributed by atoms with Crippen LogP contribution in [-0.4, -0.2) is 30.0 Å². The fraction of sp³-hybridized carbons (Fsp3) is 0.208. The van der Waals surface area contributed by atoms with Gasteiger partial charge in [0.15, 0.2) is 16.6 Å². The number of nitrogens with one attached hydrogen (secondary N) is 2. The molecule has 2 amide bonds. The molecule has 0 saturated heterocycles. The molecule has 0 saturated carbocycles. The van der Waals surface area contributed by atoms with Crippen LogP contribution in [0.4, 0.5) is 5.13 Å². The second kappa shape index (κ2) is 10.5. The molecule has 0 bridgehead atoms. The number of hydrogen-bond donors (Lipinski definition) is 2. The van der Waals surface area contributed by atoms with Crippen molar-refractivity contribution < 1.29 is 19.1 Å². The molecule has 7 nitrogen and oxygen atoms in total. The van der Waals surface area contributed by atoms with Gasteiger partial charge in [0.2, 0.25) is 11.8 Å². The van der Waals surface area contributed by atoms with E-state index in [4.69, 9.17) is 21.1 Å². The highest BCUT2D eigenvalue weighted by atomic mass is 35.5. The standard InChI is InChI=1S/C24H22ClN3O4S/c1-15(29)26-13-16-3-6-18(7-4-16)20-14-33-24(27-20)28-22(30)8-5-17-11-19(25)23-21(12-17)31-9-2-10-32-23/h3-8,11-12,14H,2,9-10,13H2,1H3,(H,26,29)(H,27,28,30)/b8-5+. The Labute approximate surface area is 200 Å². The number of nitrogens with zero attached hydrogens (tertiary/aromatic N) is 1. The number of aromatic nitrogens is 1. The molecule has 33 heavy (non-hydrogen) atoms. The summed E-state index contributed by atoms with van der Waals surface area (Å²) in [6, 6.07) is 11.3. The fourth-order valence-electron chi connectivity index (χ4n) is 3.15. The topological polar surface area (TPSA) is 89.6 Å². The van der Waals surface area contributed by atoms with Crippen molar-refractivity contribution in [2.75, 3.05) is 18.5 Å². The number of amides is 2. The number of carbonyl (C=O) groups is 2. The lowest BCUT2D eigenvalue weighted by Gasteiger charge is -2.09. The highest BCUT2D eigenvalue weighted by Gasteiger charge is 2.15. The van der Waals surface area contributed by atoms with Crippen LogP contribution in [-0.2, 0) is 16.1 Å². The largest absolute Gasteiger partial charge is 0.489 e. The zero-order valence-corrected chi connectivity index (χ0v) is 19.5. The molecule has 0 fully saturated rings. The summed E-state index contributed by atoms with van der Waals surface area (Å²) in [5, 5.41) is 8.37. The lowest BCUT2D eigenvalue weighted by molar-refractivity contribution is -0.119. The van der Waals surface area contributed by atoms with Gasteiger partial charge in [-0.3, -0.25) is 14.9 Å². The number of thiazole rings is 1. The Hall–Kier alpha value is -3.36. The van der Waals surface area contributed by atoms with Crippen LogP contribution in [0.3, 0.4) is 0 Å². The second-order valence-corrected chi connectivity index (χ2v) is 8.61. The summed E-state index contributed by atoms with van der Waals surface area (Å²) in [5.41, 5.74) is 3.42. The van der Waals surface area contributed by atoms with Gasteiger partial charge in [-0.25, -0.2) is 4.98 Å². The quantitative estimate of drug-likeness (QED) is 0.486. The van der Waals surface area contributed by atoms with Crippen molar-refractivity contribution in [3.05, 3.63) is 64.0 Å². The van der Waals surface area contributed by atoms with Crippen LogP contribution in [0.2, 0.25) is 5.02 Å². The number of anilines is 1. The minimum absolute atomic E-state index is 0.0690. The first-order valence-corrected chi connectivity index (χ1v) is 11.6. The lowest BCUT2D eigenvalue weighted by Crippen LogP contribution is -2.18. The van der Waals surface area contributed by atoms with E-state index in [0.717, 1.165) is 28.8 Å². The van der Waals surface area contributed by atoms with E-state index in [1.165, 1.54) is 24.3 Å². The molecule has 9 heteroatoms. The Kier molecular flexibility index (Phi) is 7.26. The maximum atomic E-state index is 12.4. The molecule has 0 radical (unpaired) electrons. The minimum Gasteiger partial charge on any atom is -0.489 e. The number of fused-ring (bicyclic) bond motifs is 1. The fourth-order valence-corrected chi connectivity index (χ4v) is 4.15. The molecular weight excluding hydrogens is 462 g/mol. The summed E-state index contributed by atoms with van der Waals surface area (Å²) in [6.07, 6.45) is 3.88. The average Bonchev–Trinajstić information content (AvgIpc) is 3.12. The third kappa shape index (κ3) is 6.12. The van der Waals surface area contributed by atoms with E-state index in [9.17, 15) is 9.59 Å². The van der Waals surface area contributed by atoms with Crippen molar-refractivity contribution >= 4 is 46.0 Å². The third-order valence-electron chi connectivity index (χ3n) is 4.78. The van der Waals surface area contributed by atoms with Crippen LogP contribution in [0, 0.1) is 0 Å². The molecule has 2 heterocycles. The van der Waals surface area contributed by atoms with Gasteiger partial charge in [0, 0.05) is 36.9 Å². The van der Waals surface area contributed by atoms with Gasteiger partial charge in [0.25, 0.3) is 0 Å². The summed E-state index contributed by atoms with van der Waals surface area (Å²) in [6.45, 7) is 3.08. The van der Waals surface area contributed by atoms with Crippen molar-refractivity contribution in [2.24, 2.45) is 0 Å².